The molecule has 0 bridgehead atoms. The molecule has 1 aromatic rings. The highest BCUT2D eigenvalue weighted by molar-refractivity contribution is 6.62. The minimum atomic E-state index is -0.451. The van der Waals surface area contributed by atoms with Gasteiger partial charge in [0, 0.05) is 11.1 Å². The maximum absolute atomic E-state index is 12.3. The van der Waals surface area contributed by atoms with Crippen molar-refractivity contribution in [3.63, 3.8) is 0 Å². The molecular formula is C17H26BNO3. The number of carbonyl (C=O) groups is 1. The van der Waals surface area contributed by atoms with Crippen LogP contribution >= 0.6 is 0 Å². The highest BCUT2D eigenvalue weighted by Crippen LogP contribution is 2.36. The lowest BCUT2D eigenvalue weighted by atomic mass is 9.78. The van der Waals surface area contributed by atoms with E-state index in [1.807, 2.05) is 66.7 Å². The molecule has 1 amide bonds. The van der Waals surface area contributed by atoms with Gasteiger partial charge in [-0.3, -0.25) is 4.79 Å². The van der Waals surface area contributed by atoms with Crippen LogP contribution in [0.25, 0.3) is 0 Å². The molecule has 1 aromatic carbocycles. The number of hydrogen-bond acceptors (Lipinski definition) is 3. The van der Waals surface area contributed by atoms with Gasteiger partial charge in [-0.15, -0.1) is 0 Å². The predicted molar refractivity (Wildman–Crippen MR) is 89.4 cm³/mol. The smallest absolute Gasteiger partial charge is 0.399 e. The van der Waals surface area contributed by atoms with Crippen LogP contribution < -0.4 is 10.8 Å². The van der Waals surface area contributed by atoms with Gasteiger partial charge in [0.25, 0.3) is 5.91 Å². The van der Waals surface area contributed by atoms with Crippen LogP contribution in [0.3, 0.4) is 0 Å². The summed E-state index contributed by atoms with van der Waals surface area (Å²) < 4.78 is 12.1. The van der Waals surface area contributed by atoms with E-state index in [2.05, 4.69) is 5.32 Å². The van der Waals surface area contributed by atoms with Crippen molar-refractivity contribution in [2.75, 3.05) is 0 Å². The van der Waals surface area contributed by atoms with Gasteiger partial charge in [-0.05, 0) is 66.1 Å². The quantitative estimate of drug-likeness (QED) is 0.854. The lowest BCUT2D eigenvalue weighted by Crippen LogP contribution is -2.41. The van der Waals surface area contributed by atoms with Crippen molar-refractivity contribution in [2.24, 2.45) is 0 Å². The summed E-state index contributed by atoms with van der Waals surface area (Å²) in [5.41, 5.74) is 0.433. The average Bonchev–Trinajstić information content (AvgIpc) is 2.57. The third-order valence-electron chi connectivity index (χ3n) is 4.16. The van der Waals surface area contributed by atoms with E-state index in [0.29, 0.717) is 5.56 Å². The number of nitrogens with one attached hydrogen (secondary N) is 1. The number of rotatable bonds is 2. The highest BCUT2D eigenvalue weighted by Gasteiger charge is 2.51. The fourth-order valence-electron chi connectivity index (χ4n) is 2.22. The molecule has 0 radical (unpaired) electrons. The molecule has 4 nitrogen and oxygen atoms in total. The van der Waals surface area contributed by atoms with Gasteiger partial charge in [0.1, 0.15) is 0 Å². The number of amides is 1. The average molecular weight is 303 g/mol. The Morgan fingerprint density at radius 1 is 1.09 bits per heavy atom. The molecule has 0 atom stereocenters. The molecule has 1 saturated heterocycles. The second-order valence-electron chi connectivity index (χ2n) is 7.92. The fourth-order valence-corrected chi connectivity index (χ4v) is 2.22. The summed E-state index contributed by atoms with van der Waals surface area (Å²) in [7, 11) is -0.451. The lowest BCUT2D eigenvalue weighted by Gasteiger charge is -2.32. The van der Waals surface area contributed by atoms with E-state index in [1.165, 1.54) is 0 Å². The summed E-state index contributed by atoms with van der Waals surface area (Å²) in [6.45, 7) is 14.0. The maximum atomic E-state index is 12.3. The van der Waals surface area contributed by atoms with Crippen molar-refractivity contribution in [2.45, 2.75) is 65.2 Å². The van der Waals surface area contributed by atoms with Crippen molar-refractivity contribution in [1.82, 2.24) is 5.32 Å². The molecule has 0 aliphatic carbocycles. The summed E-state index contributed by atoms with van der Waals surface area (Å²) in [6, 6.07) is 7.42. The SMILES string of the molecule is CC(C)(C)NC(=O)c1cccc(B2OC(C)(C)C(C)(C)O2)c1. The minimum absolute atomic E-state index is 0.0918. The van der Waals surface area contributed by atoms with Crippen molar-refractivity contribution in [3.05, 3.63) is 29.8 Å². The monoisotopic (exact) mass is 303 g/mol. The van der Waals surface area contributed by atoms with Crippen LogP contribution in [0.1, 0.15) is 58.8 Å². The molecule has 0 unspecified atom stereocenters. The van der Waals surface area contributed by atoms with E-state index in [-0.39, 0.29) is 22.6 Å². The van der Waals surface area contributed by atoms with Gasteiger partial charge in [0.15, 0.2) is 0 Å². The van der Waals surface area contributed by atoms with E-state index in [9.17, 15) is 4.79 Å². The first kappa shape index (κ1) is 17.0. The van der Waals surface area contributed by atoms with Gasteiger partial charge < -0.3 is 14.6 Å². The molecule has 1 fully saturated rings. The number of hydrogen-bond donors (Lipinski definition) is 1. The molecular weight excluding hydrogens is 277 g/mol. The Bertz CT molecular complexity index is 560. The Morgan fingerprint density at radius 2 is 1.64 bits per heavy atom. The molecule has 1 aliphatic heterocycles. The largest absolute Gasteiger partial charge is 0.494 e. The van der Waals surface area contributed by atoms with Crippen molar-refractivity contribution in [1.29, 1.82) is 0 Å². The third-order valence-corrected chi connectivity index (χ3v) is 4.16. The lowest BCUT2D eigenvalue weighted by molar-refractivity contribution is 0.00578. The highest BCUT2D eigenvalue weighted by atomic mass is 16.7. The van der Waals surface area contributed by atoms with Gasteiger partial charge in [0.05, 0.1) is 11.2 Å². The molecule has 120 valence electrons. The fraction of sp³-hybridized carbons (Fsp3) is 0.588. The molecule has 1 N–H and O–H groups in total. The first-order valence-corrected chi connectivity index (χ1v) is 7.69. The van der Waals surface area contributed by atoms with E-state index < -0.39 is 7.12 Å². The zero-order valence-electron chi connectivity index (χ0n) is 14.6. The van der Waals surface area contributed by atoms with Crippen LogP contribution in [0.5, 0.6) is 0 Å². The summed E-state index contributed by atoms with van der Waals surface area (Å²) >= 11 is 0. The number of carbonyl (C=O) groups excluding carboxylic acids is 1. The van der Waals surface area contributed by atoms with Gasteiger partial charge in [-0.25, -0.2) is 0 Å². The van der Waals surface area contributed by atoms with Crippen molar-refractivity contribution in [3.8, 4) is 0 Å². The topological polar surface area (TPSA) is 47.6 Å². The van der Waals surface area contributed by atoms with Crippen LogP contribution in [0.15, 0.2) is 24.3 Å². The second-order valence-corrected chi connectivity index (χ2v) is 7.92. The molecule has 0 saturated carbocycles. The van der Waals surface area contributed by atoms with E-state index >= 15 is 0 Å². The summed E-state index contributed by atoms with van der Waals surface area (Å²) in [4.78, 5) is 12.3. The van der Waals surface area contributed by atoms with E-state index in [4.69, 9.17) is 9.31 Å². The zero-order chi connectivity index (χ0) is 16.8. The van der Waals surface area contributed by atoms with E-state index in [0.717, 1.165) is 5.46 Å². The first-order chi connectivity index (χ1) is 9.91. The molecule has 1 aliphatic rings. The molecule has 22 heavy (non-hydrogen) atoms. The predicted octanol–water partition coefficient (Wildman–Crippen LogP) is 2.51. The van der Waals surface area contributed by atoms with Crippen LogP contribution in [-0.4, -0.2) is 29.8 Å². The Hall–Kier alpha value is -1.33. The van der Waals surface area contributed by atoms with Crippen LogP contribution in [-0.2, 0) is 9.31 Å². The van der Waals surface area contributed by atoms with Gasteiger partial charge in [0.2, 0.25) is 0 Å². The molecule has 5 heteroatoms. The number of benzene rings is 1. The Labute approximate surface area is 133 Å². The van der Waals surface area contributed by atoms with Crippen LogP contribution in [0.4, 0.5) is 0 Å². The summed E-state index contributed by atoms with van der Waals surface area (Å²) in [6.07, 6.45) is 0. The molecule has 2 rings (SSSR count). The van der Waals surface area contributed by atoms with E-state index in [1.54, 1.807) is 6.07 Å². The minimum Gasteiger partial charge on any atom is -0.399 e. The maximum Gasteiger partial charge on any atom is 0.494 e. The Kier molecular flexibility index (Phi) is 4.17. The first-order valence-electron chi connectivity index (χ1n) is 7.69. The molecule has 1 heterocycles. The summed E-state index contributed by atoms with van der Waals surface area (Å²) in [5, 5.41) is 2.97. The standard InChI is InChI=1S/C17H26BNO3/c1-15(2,3)19-14(20)12-9-8-10-13(11-12)18-21-16(4,5)17(6,7)22-18/h8-11H,1-7H3,(H,19,20). The Morgan fingerprint density at radius 3 is 2.14 bits per heavy atom. The third kappa shape index (κ3) is 3.53. The Balaban J connectivity index is 2.22. The molecule has 0 spiro atoms. The van der Waals surface area contributed by atoms with Crippen molar-refractivity contribution >= 4 is 18.5 Å². The van der Waals surface area contributed by atoms with Gasteiger partial charge >= 0.3 is 7.12 Å². The van der Waals surface area contributed by atoms with Gasteiger partial charge in [-0.1, -0.05) is 12.1 Å². The second kappa shape index (κ2) is 5.39. The normalized spacial score (nSPS) is 20.0. The van der Waals surface area contributed by atoms with Gasteiger partial charge in [-0.2, -0.15) is 0 Å². The van der Waals surface area contributed by atoms with Crippen molar-refractivity contribution < 1.29 is 14.1 Å². The zero-order valence-corrected chi connectivity index (χ0v) is 14.6. The molecule has 0 aromatic heterocycles. The summed E-state index contributed by atoms with van der Waals surface area (Å²) in [5.74, 6) is -0.0918. The van der Waals surface area contributed by atoms with Crippen LogP contribution in [0, 0.1) is 0 Å². The van der Waals surface area contributed by atoms with Crippen LogP contribution in [0.2, 0.25) is 0 Å².